The first-order valence-electron chi connectivity index (χ1n) is 7.07. The zero-order valence-corrected chi connectivity index (χ0v) is 12.5. The molecular weight excluding hydrogens is 236 g/mol. The Balaban J connectivity index is 2.23. The maximum Gasteiger partial charge on any atom is 0.152 e. The van der Waals surface area contributed by atoms with E-state index in [2.05, 4.69) is 56.1 Å². The van der Waals surface area contributed by atoms with Crippen molar-refractivity contribution in [1.29, 1.82) is 0 Å². The van der Waals surface area contributed by atoms with Crippen molar-refractivity contribution in [2.24, 2.45) is 11.8 Å². The van der Waals surface area contributed by atoms with Crippen LogP contribution in [0.15, 0.2) is 18.5 Å². The van der Waals surface area contributed by atoms with Gasteiger partial charge in [-0.25, -0.2) is 9.50 Å². The average Bonchev–Trinajstić information content (AvgIpc) is 2.80. The van der Waals surface area contributed by atoms with E-state index in [1.54, 1.807) is 6.20 Å². The maximum absolute atomic E-state index is 4.57. The topological polar surface area (TPSA) is 42.2 Å². The molecule has 2 aromatic rings. The molecule has 0 aliphatic carbocycles. The van der Waals surface area contributed by atoms with Gasteiger partial charge in [-0.05, 0) is 23.8 Å². The molecule has 4 heteroatoms. The van der Waals surface area contributed by atoms with Crippen LogP contribution in [0.3, 0.4) is 0 Å². The highest BCUT2D eigenvalue weighted by Crippen LogP contribution is 2.20. The van der Waals surface area contributed by atoms with Gasteiger partial charge in [-0.1, -0.05) is 34.6 Å². The molecule has 0 aromatic carbocycles. The molecule has 0 saturated heterocycles. The lowest BCUT2D eigenvalue weighted by molar-refractivity contribution is 0.439. The first-order valence-corrected chi connectivity index (χ1v) is 7.07. The minimum absolute atomic E-state index is 0.433. The number of hydrogen-bond donors (Lipinski definition) is 1. The summed E-state index contributed by atoms with van der Waals surface area (Å²) in [5.74, 6) is 2.65. The smallest absolute Gasteiger partial charge is 0.152 e. The number of nitrogens with zero attached hydrogens (tertiary/aromatic N) is 3. The highest BCUT2D eigenvalue weighted by atomic mass is 15.2. The zero-order chi connectivity index (χ0) is 14.0. The van der Waals surface area contributed by atoms with Gasteiger partial charge in [0.15, 0.2) is 5.82 Å². The molecule has 4 nitrogen and oxygen atoms in total. The summed E-state index contributed by atoms with van der Waals surface area (Å²) in [5.41, 5.74) is 2.16. The number of rotatable bonds is 5. The minimum Gasteiger partial charge on any atom is -0.368 e. The Morgan fingerprint density at radius 1 is 1.21 bits per heavy atom. The Morgan fingerprint density at radius 3 is 2.58 bits per heavy atom. The molecule has 2 heterocycles. The molecule has 1 unspecified atom stereocenters. The summed E-state index contributed by atoms with van der Waals surface area (Å²) in [4.78, 5) is 4.44. The second kappa shape index (κ2) is 5.59. The molecule has 0 radical (unpaired) electrons. The van der Waals surface area contributed by atoms with E-state index in [1.165, 1.54) is 0 Å². The van der Waals surface area contributed by atoms with Gasteiger partial charge >= 0.3 is 0 Å². The van der Waals surface area contributed by atoms with Crippen LogP contribution in [0.2, 0.25) is 0 Å². The van der Waals surface area contributed by atoms with Crippen LogP contribution in [0.5, 0.6) is 0 Å². The lowest BCUT2D eigenvalue weighted by atomic mass is 9.98. The highest BCUT2D eigenvalue weighted by molar-refractivity contribution is 5.67. The Morgan fingerprint density at radius 2 is 1.95 bits per heavy atom. The molecule has 1 N–H and O–H groups in total. The second-order valence-electron chi connectivity index (χ2n) is 5.93. The highest BCUT2D eigenvalue weighted by Gasteiger charge is 2.11. The Kier molecular flexibility index (Phi) is 4.08. The van der Waals surface area contributed by atoms with Crippen LogP contribution in [-0.2, 0) is 0 Å². The van der Waals surface area contributed by atoms with Crippen LogP contribution in [0.25, 0.3) is 5.52 Å². The average molecular weight is 260 g/mol. The van der Waals surface area contributed by atoms with E-state index in [0.29, 0.717) is 17.8 Å². The van der Waals surface area contributed by atoms with Gasteiger partial charge in [0.2, 0.25) is 0 Å². The largest absolute Gasteiger partial charge is 0.368 e. The molecule has 0 aliphatic heterocycles. The molecule has 0 bridgehead atoms. The van der Waals surface area contributed by atoms with Gasteiger partial charge in [0, 0.05) is 18.9 Å². The summed E-state index contributed by atoms with van der Waals surface area (Å²) >= 11 is 0. The van der Waals surface area contributed by atoms with Crippen molar-refractivity contribution in [2.75, 3.05) is 11.9 Å². The zero-order valence-electron chi connectivity index (χ0n) is 12.5. The fourth-order valence-electron chi connectivity index (χ4n) is 1.85. The van der Waals surface area contributed by atoms with E-state index in [1.807, 2.05) is 10.7 Å². The third-order valence-corrected chi connectivity index (χ3v) is 3.73. The fraction of sp³-hybridized carbons (Fsp3) is 0.600. The van der Waals surface area contributed by atoms with Gasteiger partial charge in [-0.3, -0.25) is 0 Å². The van der Waals surface area contributed by atoms with Crippen molar-refractivity contribution >= 4 is 11.3 Å². The Labute approximate surface area is 115 Å². The van der Waals surface area contributed by atoms with Gasteiger partial charge in [0.05, 0.1) is 5.69 Å². The van der Waals surface area contributed by atoms with E-state index in [0.717, 1.165) is 23.6 Å². The van der Waals surface area contributed by atoms with Crippen LogP contribution >= 0.6 is 0 Å². The van der Waals surface area contributed by atoms with E-state index in [-0.39, 0.29) is 0 Å². The maximum atomic E-state index is 4.57. The van der Waals surface area contributed by atoms with E-state index in [9.17, 15) is 0 Å². The predicted molar refractivity (Wildman–Crippen MR) is 79.6 cm³/mol. The molecule has 0 amide bonds. The molecular formula is C15H24N4. The lowest BCUT2D eigenvalue weighted by Gasteiger charge is -2.16. The lowest BCUT2D eigenvalue weighted by Crippen LogP contribution is -2.17. The number of aromatic nitrogens is 3. The molecule has 2 aromatic heterocycles. The van der Waals surface area contributed by atoms with Crippen LogP contribution in [0.4, 0.5) is 5.82 Å². The normalized spacial score (nSPS) is 13.4. The molecule has 0 fully saturated rings. The predicted octanol–water partition coefficient (Wildman–Crippen LogP) is 3.56. The monoisotopic (exact) mass is 260 g/mol. The molecule has 104 valence electrons. The van der Waals surface area contributed by atoms with Crippen LogP contribution < -0.4 is 5.32 Å². The third kappa shape index (κ3) is 3.06. The first-order chi connectivity index (χ1) is 8.99. The Hall–Kier alpha value is -1.58. The van der Waals surface area contributed by atoms with Crippen LogP contribution in [-0.4, -0.2) is 21.1 Å². The third-order valence-electron chi connectivity index (χ3n) is 3.73. The van der Waals surface area contributed by atoms with Crippen molar-refractivity contribution in [3.05, 3.63) is 24.2 Å². The SMILES string of the molecule is CC(C)c1cc2c(NCC(C)C(C)C)nccn2n1. The van der Waals surface area contributed by atoms with Crippen molar-refractivity contribution in [3.63, 3.8) is 0 Å². The van der Waals surface area contributed by atoms with Crippen molar-refractivity contribution in [2.45, 2.75) is 40.5 Å². The van der Waals surface area contributed by atoms with Crippen molar-refractivity contribution in [1.82, 2.24) is 14.6 Å². The van der Waals surface area contributed by atoms with Crippen LogP contribution in [0.1, 0.15) is 46.2 Å². The fourth-order valence-corrected chi connectivity index (χ4v) is 1.85. The van der Waals surface area contributed by atoms with E-state index >= 15 is 0 Å². The van der Waals surface area contributed by atoms with Crippen LogP contribution in [0, 0.1) is 11.8 Å². The van der Waals surface area contributed by atoms with Gasteiger partial charge < -0.3 is 5.32 Å². The molecule has 0 spiro atoms. The summed E-state index contributed by atoms with van der Waals surface area (Å²) in [6.07, 6.45) is 3.70. The molecule has 0 saturated carbocycles. The summed E-state index contributed by atoms with van der Waals surface area (Å²) < 4.78 is 1.91. The summed E-state index contributed by atoms with van der Waals surface area (Å²) in [6, 6.07) is 2.13. The van der Waals surface area contributed by atoms with Crippen molar-refractivity contribution < 1.29 is 0 Å². The minimum atomic E-state index is 0.433. The standard InChI is InChI=1S/C15H24N4/c1-10(2)12(5)9-17-15-14-8-13(11(3)4)18-19(14)7-6-16-15/h6-8,10-12H,9H2,1-5H3,(H,16,17). The first kappa shape index (κ1) is 13.8. The molecule has 19 heavy (non-hydrogen) atoms. The molecule has 2 rings (SSSR count). The van der Waals surface area contributed by atoms with Gasteiger partial charge in [0.1, 0.15) is 5.52 Å². The van der Waals surface area contributed by atoms with Crippen molar-refractivity contribution in [3.8, 4) is 0 Å². The van der Waals surface area contributed by atoms with E-state index in [4.69, 9.17) is 0 Å². The second-order valence-corrected chi connectivity index (χ2v) is 5.93. The summed E-state index contributed by atoms with van der Waals surface area (Å²) in [6.45, 7) is 12.0. The molecule has 0 aliphatic rings. The summed E-state index contributed by atoms with van der Waals surface area (Å²) in [7, 11) is 0. The summed E-state index contributed by atoms with van der Waals surface area (Å²) in [5, 5.41) is 8.02. The van der Waals surface area contributed by atoms with Gasteiger partial charge in [-0.2, -0.15) is 5.10 Å². The number of fused-ring (bicyclic) bond motifs is 1. The Bertz CT molecular complexity index is 542. The molecule has 1 atom stereocenters. The van der Waals surface area contributed by atoms with Gasteiger partial charge in [0.25, 0.3) is 0 Å². The number of nitrogens with one attached hydrogen (secondary N) is 1. The number of hydrogen-bond acceptors (Lipinski definition) is 3. The quantitative estimate of drug-likeness (QED) is 0.893. The number of anilines is 1. The van der Waals surface area contributed by atoms with Gasteiger partial charge in [-0.15, -0.1) is 0 Å². The van der Waals surface area contributed by atoms with E-state index < -0.39 is 0 Å².